The van der Waals surface area contributed by atoms with Crippen LogP contribution in [0.5, 0.6) is 0 Å². The lowest BCUT2D eigenvalue weighted by atomic mass is 9.79. The van der Waals surface area contributed by atoms with Gasteiger partial charge in [-0.05, 0) is 42.7 Å². The van der Waals surface area contributed by atoms with Crippen molar-refractivity contribution in [1.29, 1.82) is 0 Å². The molecule has 0 aromatic heterocycles. The molecule has 0 spiro atoms. The number of hydrogen-bond donors (Lipinski definition) is 0. The predicted octanol–water partition coefficient (Wildman–Crippen LogP) is 6.49. The molecule has 0 amide bonds. The van der Waals surface area contributed by atoms with E-state index in [0.29, 0.717) is 25.0 Å². The van der Waals surface area contributed by atoms with Gasteiger partial charge in [-0.15, -0.1) is 0 Å². The topological polar surface area (TPSA) is 26.3 Å². The number of hydrogen-bond acceptors (Lipinski definition) is 2. The van der Waals surface area contributed by atoms with Crippen molar-refractivity contribution >= 4 is 5.78 Å². The van der Waals surface area contributed by atoms with Crippen LogP contribution in [-0.2, 0) is 27.3 Å². The Hall–Kier alpha value is -2.35. The van der Waals surface area contributed by atoms with E-state index in [1.807, 2.05) is 30.3 Å². The van der Waals surface area contributed by atoms with E-state index < -0.39 is 35.0 Å². The van der Waals surface area contributed by atoms with Gasteiger partial charge in [-0.2, -0.15) is 26.3 Å². The summed E-state index contributed by atoms with van der Waals surface area (Å²) >= 11 is 0. The fourth-order valence-corrected chi connectivity index (χ4v) is 3.77. The Bertz CT molecular complexity index is 872. The fourth-order valence-electron chi connectivity index (χ4n) is 3.77. The molecule has 3 rings (SSSR count). The van der Waals surface area contributed by atoms with Gasteiger partial charge >= 0.3 is 12.4 Å². The third kappa shape index (κ3) is 4.86. The highest BCUT2D eigenvalue weighted by molar-refractivity contribution is 5.82. The van der Waals surface area contributed by atoms with Gasteiger partial charge in [0.1, 0.15) is 5.78 Å². The summed E-state index contributed by atoms with van der Waals surface area (Å²) in [5.41, 5.74) is -2.75. The highest BCUT2D eigenvalue weighted by Gasteiger charge is 2.41. The highest BCUT2D eigenvalue weighted by atomic mass is 19.4. The summed E-state index contributed by atoms with van der Waals surface area (Å²) < 4.78 is 84.4. The number of alkyl halides is 6. The third-order valence-corrected chi connectivity index (χ3v) is 5.49. The van der Waals surface area contributed by atoms with Crippen molar-refractivity contribution in [1.82, 2.24) is 0 Å². The van der Waals surface area contributed by atoms with Crippen LogP contribution < -0.4 is 0 Å². The van der Waals surface area contributed by atoms with Gasteiger partial charge in [0.2, 0.25) is 0 Å². The van der Waals surface area contributed by atoms with Gasteiger partial charge in [0.05, 0.1) is 23.8 Å². The summed E-state index contributed by atoms with van der Waals surface area (Å²) in [6.07, 6.45) is -9.77. The zero-order valence-corrected chi connectivity index (χ0v) is 16.1. The van der Waals surface area contributed by atoms with Crippen LogP contribution in [0, 0.1) is 0 Å². The van der Waals surface area contributed by atoms with E-state index >= 15 is 0 Å². The van der Waals surface area contributed by atoms with Crippen LogP contribution in [0.2, 0.25) is 0 Å². The molecule has 2 unspecified atom stereocenters. The SMILES string of the molecule is CC(OCC1(c2ccccc2)CCC(=O)C1)c1cc(C(F)(F)F)cc(C(F)(F)F)c1. The number of benzene rings is 2. The van der Waals surface area contributed by atoms with E-state index in [0.717, 1.165) is 5.56 Å². The zero-order valence-electron chi connectivity index (χ0n) is 16.1. The lowest BCUT2D eigenvalue weighted by Gasteiger charge is -2.30. The second-order valence-corrected chi connectivity index (χ2v) is 7.65. The fraction of sp³-hybridized carbons (Fsp3) is 0.409. The Morgan fingerprint density at radius 3 is 2.00 bits per heavy atom. The maximum absolute atomic E-state index is 13.1. The molecule has 1 saturated carbocycles. The summed E-state index contributed by atoms with van der Waals surface area (Å²) in [7, 11) is 0. The van der Waals surface area contributed by atoms with Crippen molar-refractivity contribution in [2.24, 2.45) is 0 Å². The maximum atomic E-state index is 13.1. The van der Waals surface area contributed by atoms with Gasteiger partial charge in [0.15, 0.2) is 0 Å². The number of ether oxygens (including phenoxy) is 1. The van der Waals surface area contributed by atoms with Gasteiger partial charge in [0.25, 0.3) is 0 Å². The van der Waals surface area contributed by atoms with E-state index in [-0.39, 0.29) is 30.4 Å². The van der Waals surface area contributed by atoms with Crippen LogP contribution in [0.3, 0.4) is 0 Å². The first-order valence-corrected chi connectivity index (χ1v) is 9.39. The molecule has 2 atom stereocenters. The number of carbonyl (C=O) groups is 1. The van der Waals surface area contributed by atoms with Gasteiger partial charge < -0.3 is 4.74 Å². The third-order valence-electron chi connectivity index (χ3n) is 5.49. The summed E-state index contributed by atoms with van der Waals surface area (Å²) in [4.78, 5) is 12.0. The van der Waals surface area contributed by atoms with Crippen LogP contribution in [-0.4, -0.2) is 12.4 Å². The quantitative estimate of drug-likeness (QED) is 0.507. The predicted molar refractivity (Wildman–Crippen MR) is 97.8 cm³/mol. The van der Waals surface area contributed by atoms with Crippen molar-refractivity contribution in [3.05, 3.63) is 70.8 Å². The van der Waals surface area contributed by atoms with Crippen molar-refractivity contribution < 1.29 is 35.9 Å². The minimum absolute atomic E-state index is 0.0154. The molecule has 0 heterocycles. The molecule has 1 aliphatic carbocycles. The number of Topliss-reactive ketones (excluding diaryl/α,β-unsaturated/α-hetero) is 1. The van der Waals surface area contributed by atoms with E-state index in [2.05, 4.69) is 0 Å². The molecule has 2 nitrogen and oxygen atoms in total. The standard InChI is InChI=1S/C22H20F6O2/c1-14(15-9-17(21(23,24)25)11-18(10-15)22(26,27)28)30-13-20(8-7-19(29)12-20)16-5-3-2-4-6-16/h2-6,9-11,14H,7-8,12-13H2,1H3. The number of carbonyl (C=O) groups excluding carboxylic acids is 1. The lowest BCUT2D eigenvalue weighted by molar-refractivity contribution is -0.143. The monoisotopic (exact) mass is 430 g/mol. The van der Waals surface area contributed by atoms with Gasteiger partial charge in [-0.1, -0.05) is 30.3 Å². The van der Waals surface area contributed by atoms with Crippen molar-refractivity contribution in [3.8, 4) is 0 Å². The molecule has 162 valence electrons. The smallest absolute Gasteiger partial charge is 0.373 e. The first-order valence-electron chi connectivity index (χ1n) is 9.39. The molecule has 2 aromatic rings. The molecule has 0 aliphatic heterocycles. The Kier molecular flexibility index (Phi) is 6.00. The first-order chi connectivity index (χ1) is 13.9. The Morgan fingerprint density at radius 1 is 0.967 bits per heavy atom. The molecule has 0 bridgehead atoms. The van der Waals surface area contributed by atoms with Crippen LogP contribution in [0.25, 0.3) is 0 Å². The molecule has 0 radical (unpaired) electrons. The zero-order chi connectivity index (χ0) is 22.2. The second kappa shape index (κ2) is 8.06. The number of ketones is 1. The van der Waals surface area contributed by atoms with Crippen LogP contribution in [0.15, 0.2) is 48.5 Å². The molecule has 0 saturated heterocycles. The number of halogens is 6. The Balaban J connectivity index is 1.88. The maximum Gasteiger partial charge on any atom is 0.416 e. The number of rotatable bonds is 5. The van der Waals surface area contributed by atoms with E-state index in [1.165, 1.54) is 6.92 Å². The molecule has 1 fully saturated rings. The van der Waals surface area contributed by atoms with E-state index in [9.17, 15) is 31.1 Å². The van der Waals surface area contributed by atoms with Crippen LogP contribution in [0.4, 0.5) is 26.3 Å². The molecular weight excluding hydrogens is 410 g/mol. The van der Waals surface area contributed by atoms with Crippen LogP contribution >= 0.6 is 0 Å². The van der Waals surface area contributed by atoms with Crippen LogP contribution in [0.1, 0.15) is 54.5 Å². The van der Waals surface area contributed by atoms with Crippen molar-refractivity contribution in [2.75, 3.05) is 6.61 Å². The average molecular weight is 430 g/mol. The summed E-state index contributed by atoms with van der Waals surface area (Å²) in [6, 6.07) is 10.6. The summed E-state index contributed by atoms with van der Waals surface area (Å²) in [6.45, 7) is 1.42. The summed E-state index contributed by atoms with van der Waals surface area (Å²) in [5, 5.41) is 0. The largest absolute Gasteiger partial charge is 0.416 e. The van der Waals surface area contributed by atoms with E-state index in [1.54, 1.807) is 0 Å². The summed E-state index contributed by atoms with van der Waals surface area (Å²) in [5.74, 6) is 0.0496. The normalized spacial score (nSPS) is 21.1. The molecule has 30 heavy (non-hydrogen) atoms. The molecule has 1 aliphatic rings. The molecule has 0 N–H and O–H groups in total. The minimum Gasteiger partial charge on any atom is -0.373 e. The van der Waals surface area contributed by atoms with Crippen molar-refractivity contribution in [3.63, 3.8) is 0 Å². The molecular formula is C22H20F6O2. The van der Waals surface area contributed by atoms with Gasteiger partial charge in [0, 0.05) is 18.3 Å². The highest BCUT2D eigenvalue weighted by Crippen LogP contribution is 2.42. The van der Waals surface area contributed by atoms with E-state index in [4.69, 9.17) is 4.74 Å². The molecule has 8 heteroatoms. The van der Waals surface area contributed by atoms with Crippen molar-refractivity contribution in [2.45, 2.75) is 50.1 Å². The molecule has 2 aromatic carbocycles. The second-order valence-electron chi connectivity index (χ2n) is 7.65. The van der Waals surface area contributed by atoms with Gasteiger partial charge in [-0.3, -0.25) is 4.79 Å². The Morgan fingerprint density at radius 2 is 1.53 bits per heavy atom. The lowest BCUT2D eigenvalue weighted by Crippen LogP contribution is -2.30. The minimum atomic E-state index is -4.92. The first kappa shape index (κ1) is 22.3. The average Bonchev–Trinajstić information content (AvgIpc) is 3.07. The van der Waals surface area contributed by atoms with Gasteiger partial charge in [-0.25, -0.2) is 0 Å². The Labute approximate surface area is 169 Å².